The molecule has 2 aromatic heterocycles. The van der Waals surface area contributed by atoms with Crippen LogP contribution in [0.5, 0.6) is 0 Å². The van der Waals surface area contributed by atoms with Gasteiger partial charge in [0.25, 0.3) is 4.83 Å². The second-order valence-corrected chi connectivity index (χ2v) is 6.69. The van der Waals surface area contributed by atoms with E-state index in [9.17, 15) is 4.79 Å². The summed E-state index contributed by atoms with van der Waals surface area (Å²) >= 11 is 1.76. The number of rotatable bonds is 2. The minimum Gasteiger partial charge on any atom is -0.449 e. The van der Waals surface area contributed by atoms with Crippen molar-refractivity contribution in [3.05, 3.63) is 21.7 Å². The number of terminal acetylenes is 1. The first kappa shape index (κ1) is 14.9. The molecule has 3 N–H and O–H groups in total. The lowest BCUT2D eigenvalue weighted by Crippen LogP contribution is -2.19. The minimum absolute atomic E-state index is 0.0442. The smallest absolute Gasteiger partial charge is 0.347 e. The van der Waals surface area contributed by atoms with E-state index in [0.717, 1.165) is 28.8 Å². The fourth-order valence-electron chi connectivity index (χ4n) is 3.12. The van der Waals surface area contributed by atoms with Crippen LogP contribution in [0.25, 0.3) is 10.2 Å². The number of nitrogen functional groups attached to an aromatic ring is 1. The van der Waals surface area contributed by atoms with Gasteiger partial charge in [-0.3, -0.25) is 0 Å². The van der Waals surface area contributed by atoms with Gasteiger partial charge in [-0.05, 0) is 31.2 Å². The third kappa shape index (κ3) is 2.44. The van der Waals surface area contributed by atoms with E-state index in [1.807, 2.05) is 6.92 Å². The highest BCUT2D eigenvalue weighted by molar-refractivity contribution is 7.18. The minimum atomic E-state index is -0.459. The van der Waals surface area contributed by atoms with E-state index in [2.05, 4.69) is 10.9 Å². The molecule has 0 unspecified atom stereocenters. The van der Waals surface area contributed by atoms with Crippen LogP contribution in [-0.4, -0.2) is 12.6 Å². The number of thiophene rings is 1. The van der Waals surface area contributed by atoms with Gasteiger partial charge in [0.1, 0.15) is 5.56 Å². The number of H-pyrrole nitrogens is 1. The normalized spacial score (nSPS) is 14.2. The summed E-state index contributed by atoms with van der Waals surface area (Å²) in [6.07, 6.45) is 10.9. The number of aromatic nitrogens is 1. The molecule has 2 aromatic rings. The second kappa shape index (κ2) is 5.98. The molecule has 0 fully saturated rings. The van der Waals surface area contributed by atoms with Gasteiger partial charge >= 0.3 is 5.97 Å². The number of esters is 1. The van der Waals surface area contributed by atoms with Gasteiger partial charge in [0.05, 0.1) is 11.1 Å². The monoisotopic (exact) mass is 315 g/mol. The fourth-order valence-corrected chi connectivity index (χ4v) is 4.48. The molecule has 1 aliphatic carbocycles. The Hall–Kier alpha value is -2.06. The molecule has 0 amide bonds. The summed E-state index contributed by atoms with van der Waals surface area (Å²) in [6.45, 7) is 1.80. The Morgan fingerprint density at radius 1 is 1.41 bits per heavy atom. The molecule has 22 heavy (non-hydrogen) atoms. The molecule has 0 saturated carbocycles. The molecule has 0 aromatic carbocycles. The summed E-state index contributed by atoms with van der Waals surface area (Å²) in [4.78, 5) is 18.0. The molecule has 114 valence electrons. The van der Waals surface area contributed by atoms with Crippen LogP contribution in [0.2, 0.25) is 0 Å². The first-order valence-electron chi connectivity index (χ1n) is 7.49. The van der Waals surface area contributed by atoms with Gasteiger partial charge in [-0.1, -0.05) is 23.7 Å². The lowest BCUT2D eigenvalue weighted by molar-refractivity contribution is -0.352. The number of aryl methyl sites for hydroxylation is 3. The zero-order valence-electron chi connectivity index (χ0n) is 12.6. The molecular weight excluding hydrogens is 296 g/mol. The van der Waals surface area contributed by atoms with Gasteiger partial charge in [0.15, 0.2) is 12.3 Å². The lowest BCUT2D eigenvalue weighted by Gasteiger charge is -2.07. The van der Waals surface area contributed by atoms with Crippen LogP contribution in [0.1, 0.15) is 45.8 Å². The van der Waals surface area contributed by atoms with Crippen molar-refractivity contribution >= 4 is 33.2 Å². The maximum absolute atomic E-state index is 12.2. The van der Waals surface area contributed by atoms with Gasteiger partial charge in [-0.25, -0.2) is 4.79 Å². The fraction of sp³-hybridized carbons (Fsp3) is 0.412. The number of carbonyl (C=O) groups is 1. The molecule has 0 bridgehead atoms. The van der Waals surface area contributed by atoms with Crippen LogP contribution in [0.15, 0.2) is 0 Å². The van der Waals surface area contributed by atoms with Crippen molar-refractivity contribution in [1.29, 1.82) is 0 Å². The Balaban J connectivity index is 2.17. The summed E-state index contributed by atoms with van der Waals surface area (Å²) in [5, 5.41) is 1.00. The predicted molar refractivity (Wildman–Crippen MR) is 87.9 cm³/mol. The first-order valence-corrected chi connectivity index (χ1v) is 8.31. The molecule has 5 heteroatoms. The van der Waals surface area contributed by atoms with Crippen molar-refractivity contribution in [2.24, 2.45) is 0 Å². The Morgan fingerprint density at radius 3 is 2.95 bits per heavy atom. The average Bonchev–Trinajstić information content (AvgIpc) is 2.66. The largest absolute Gasteiger partial charge is 0.449 e. The number of hydrogen-bond acceptors (Lipinski definition) is 4. The van der Waals surface area contributed by atoms with E-state index in [4.69, 9.17) is 16.9 Å². The number of aromatic amines is 1. The van der Waals surface area contributed by atoms with E-state index in [-0.39, 0.29) is 6.61 Å². The Kier molecular flexibility index (Phi) is 4.04. The van der Waals surface area contributed by atoms with E-state index >= 15 is 0 Å². The highest BCUT2D eigenvalue weighted by Gasteiger charge is 2.28. The van der Waals surface area contributed by atoms with Crippen LogP contribution in [0, 0.1) is 19.3 Å². The number of ether oxygens (including phenoxy) is 1. The lowest BCUT2D eigenvalue weighted by atomic mass is 10.0. The molecular formula is C17H19N2O2S+. The number of nitrogens with one attached hydrogen (secondary N) is 1. The zero-order valence-corrected chi connectivity index (χ0v) is 13.4. The summed E-state index contributed by atoms with van der Waals surface area (Å²) in [7, 11) is 0. The van der Waals surface area contributed by atoms with E-state index < -0.39 is 5.97 Å². The van der Waals surface area contributed by atoms with Crippen molar-refractivity contribution in [2.75, 3.05) is 12.3 Å². The van der Waals surface area contributed by atoms with Crippen molar-refractivity contribution in [2.45, 2.75) is 39.0 Å². The number of carbonyl (C=O) groups excluding carboxylic acids is 1. The maximum Gasteiger partial charge on any atom is 0.347 e. The van der Waals surface area contributed by atoms with Gasteiger partial charge in [-0.15, -0.1) is 6.42 Å². The number of fused-ring (bicyclic) bond motifs is 3. The van der Waals surface area contributed by atoms with Crippen molar-refractivity contribution in [3.8, 4) is 12.3 Å². The van der Waals surface area contributed by atoms with Crippen LogP contribution in [0.3, 0.4) is 0 Å². The van der Waals surface area contributed by atoms with E-state index in [1.54, 1.807) is 11.3 Å². The van der Waals surface area contributed by atoms with E-state index in [1.165, 1.54) is 29.7 Å². The number of nitrogens with two attached hydrogens (primary N) is 1. The van der Waals surface area contributed by atoms with Gasteiger partial charge in [-0.2, -0.15) is 4.98 Å². The molecule has 3 rings (SSSR count). The maximum atomic E-state index is 12.2. The van der Waals surface area contributed by atoms with Crippen molar-refractivity contribution in [1.82, 2.24) is 0 Å². The summed E-state index contributed by atoms with van der Waals surface area (Å²) < 4.78 is 5.06. The average molecular weight is 315 g/mol. The Bertz CT molecular complexity index is 786. The quantitative estimate of drug-likeness (QED) is 0.526. The molecule has 0 radical (unpaired) electrons. The Labute approximate surface area is 133 Å². The number of anilines is 1. The van der Waals surface area contributed by atoms with Crippen molar-refractivity contribution in [3.63, 3.8) is 0 Å². The molecule has 0 atom stereocenters. The topological polar surface area (TPSA) is 66.5 Å². The van der Waals surface area contributed by atoms with E-state index in [0.29, 0.717) is 11.3 Å². The third-order valence-electron chi connectivity index (χ3n) is 4.13. The summed E-state index contributed by atoms with van der Waals surface area (Å²) in [5.41, 5.74) is 9.31. The molecule has 4 nitrogen and oxygen atoms in total. The second-order valence-electron chi connectivity index (χ2n) is 5.59. The molecule has 0 saturated heterocycles. The highest BCUT2D eigenvalue weighted by atomic mass is 32.1. The van der Waals surface area contributed by atoms with Crippen LogP contribution < -0.4 is 10.7 Å². The molecule has 2 heterocycles. The standard InChI is InChI=1S/C17H18N2O2S/c1-3-9-21-17(20)13-10(2)19-16-14(15(13)18)11-7-5-4-6-8-12(11)22-16/h1H,4-9H2,2H3,(H2,18,19)/p+1. The van der Waals surface area contributed by atoms with Gasteiger partial charge in [0, 0.05) is 11.8 Å². The molecule has 0 spiro atoms. The Morgan fingerprint density at radius 2 is 2.18 bits per heavy atom. The summed E-state index contributed by atoms with van der Waals surface area (Å²) in [6, 6.07) is 0. The SMILES string of the molecule is C#CCOC(=O)c1c(C)[nH+]c2sc3c(c2c1N)CCCCC3. The number of pyridine rings is 1. The van der Waals surface area contributed by atoms with Gasteiger partial charge in [0.2, 0.25) is 0 Å². The van der Waals surface area contributed by atoms with Crippen LogP contribution in [-0.2, 0) is 17.6 Å². The molecule has 1 aliphatic rings. The third-order valence-corrected chi connectivity index (χ3v) is 5.33. The first-order chi connectivity index (χ1) is 10.6. The summed E-state index contributed by atoms with van der Waals surface area (Å²) in [5.74, 6) is 1.85. The predicted octanol–water partition coefficient (Wildman–Crippen LogP) is 2.66. The number of hydrogen-bond donors (Lipinski definition) is 1. The van der Waals surface area contributed by atoms with Gasteiger partial charge < -0.3 is 10.5 Å². The zero-order chi connectivity index (χ0) is 15.7. The highest BCUT2D eigenvalue weighted by Crippen LogP contribution is 2.38. The van der Waals surface area contributed by atoms with Crippen molar-refractivity contribution < 1.29 is 14.5 Å². The molecule has 0 aliphatic heterocycles. The van der Waals surface area contributed by atoms with Crippen LogP contribution >= 0.6 is 11.3 Å². The van der Waals surface area contributed by atoms with Crippen LogP contribution in [0.4, 0.5) is 5.69 Å².